The van der Waals surface area contributed by atoms with Crippen LogP contribution in [0.15, 0.2) is 36.7 Å². The second-order valence-corrected chi connectivity index (χ2v) is 8.02. The lowest BCUT2D eigenvalue weighted by molar-refractivity contribution is 0.0782. The van der Waals surface area contributed by atoms with Crippen LogP contribution in [0.5, 0.6) is 11.5 Å². The van der Waals surface area contributed by atoms with Gasteiger partial charge in [-0.25, -0.2) is 14.6 Å². The number of carbonyl (C=O) groups is 1. The number of methoxy groups -OCH3 is 2. The fourth-order valence-electron chi connectivity index (χ4n) is 3.95. The van der Waals surface area contributed by atoms with Crippen molar-refractivity contribution in [2.75, 3.05) is 41.4 Å². The molecule has 4 rings (SSSR count). The smallest absolute Gasteiger partial charge is 0.257 e. The zero-order chi connectivity index (χ0) is 22.8. The van der Waals surface area contributed by atoms with E-state index in [0.717, 1.165) is 25.1 Å². The van der Waals surface area contributed by atoms with Crippen molar-refractivity contribution in [1.29, 1.82) is 0 Å². The quantitative estimate of drug-likeness (QED) is 0.587. The van der Waals surface area contributed by atoms with Gasteiger partial charge >= 0.3 is 0 Å². The molecule has 9 heteroatoms. The molecule has 3 aromatic rings. The van der Waals surface area contributed by atoms with Crippen molar-refractivity contribution in [3.63, 3.8) is 0 Å². The van der Waals surface area contributed by atoms with Crippen molar-refractivity contribution in [2.24, 2.45) is 0 Å². The number of hydrogen-bond acceptors (Lipinski definition) is 7. The molecule has 9 nitrogen and oxygen atoms in total. The number of amides is 1. The standard InChI is InChI=1S/C23H28N6O3/c1-15-19(22(30)28-11-9-16(14-28)27(2)3)13-25-29(15)23-24-10-8-20(26-23)18-12-17(31-4)6-7-21(18)32-5/h6-8,10,12-13,16H,9,11,14H2,1-5H3. The third-order valence-electron chi connectivity index (χ3n) is 5.94. The molecule has 2 aromatic heterocycles. The van der Waals surface area contributed by atoms with Crippen LogP contribution >= 0.6 is 0 Å². The van der Waals surface area contributed by atoms with E-state index in [1.807, 2.05) is 44.1 Å². The van der Waals surface area contributed by atoms with E-state index in [4.69, 9.17) is 9.47 Å². The maximum atomic E-state index is 13.1. The first kappa shape index (κ1) is 21.8. The van der Waals surface area contributed by atoms with Crippen molar-refractivity contribution >= 4 is 5.91 Å². The van der Waals surface area contributed by atoms with E-state index in [1.54, 1.807) is 37.4 Å². The first-order valence-corrected chi connectivity index (χ1v) is 10.5. The SMILES string of the molecule is COc1ccc(OC)c(-c2ccnc(-n3ncc(C(=O)N4CCC(N(C)C)C4)c3C)n2)c1. The van der Waals surface area contributed by atoms with E-state index in [2.05, 4.69) is 20.0 Å². The topological polar surface area (TPSA) is 85.6 Å². The highest BCUT2D eigenvalue weighted by Crippen LogP contribution is 2.32. The van der Waals surface area contributed by atoms with E-state index >= 15 is 0 Å². The van der Waals surface area contributed by atoms with Gasteiger partial charge in [-0.1, -0.05) is 0 Å². The molecule has 0 spiro atoms. The summed E-state index contributed by atoms with van der Waals surface area (Å²) in [5, 5.41) is 4.42. The summed E-state index contributed by atoms with van der Waals surface area (Å²) in [6.07, 6.45) is 4.24. The number of nitrogens with zero attached hydrogens (tertiary/aromatic N) is 6. The van der Waals surface area contributed by atoms with Gasteiger partial charge in [-0.2, -0.15) is 5.10 Å². The molecule has 1 fully saturated rings. The predicted octanol–water partition coefficient (Wildman–Crippen LogP) is 2.43. The van der Waals surface area contributed by atoms with Crippen molar-refractivity contribution < 1.29 is 14.3 Å². The minimum Gasteiger partial charge on any atom is -0.497 e. The molecule has 1 aliphatic rings. The number of likely N-dealkylation sites (tertiary alicyclic amines) is 1. The Labute approximate surface area is 187 Å². The van der Waals surface area contributed by atoms with Gasteiger partial charge in [-0.05, 0) is 51.7 Å². The van der Waals surface area contributed by atoms with Crippen LogP contribution in [0, 0.1) is 6.92 Å². The zero-order valence-corrected chi connectivity index (χ0v) is 19.1. The van der Waals surface area contributed by atoms with Gasteiger partial charge in [0.05, 0.1) is 37.4 Å². The second kappa shape index (κ2) is 8.96. The lowest BCUT2D eigenvalue weighted by atomic mass is 10.1. The summed E-state index contributed by atoms with van der Waals surface area (Å²) in [5.74, 6) is 1.75. The maximum absolute atomic E-state index is 13.1. The van der Waals surface area contributed by atoms with Crippen LogP contribution in [-0.2, 0) is 0 Å². The van der Waals surface area contributed by atoms with Crippen LogP contribution in [0.4, 0.5) is 0 Å². The van der Waals surface area contributed by atoms with Crippen LogP contribution in [-0.4, -0.2) is 82.9 Å². The van der Waals surface area contributed by atoms with E-state index < -0.39 is 0 Å². The number of ether oxygens (including phenoxy) is 2. The van der Waals surface area contributed by atoms with Gasteiger partial charge in [0.1, 0.15) is 11.5 Å². The van der Waals surface area contributed by atoms with Crippen LogP contribution in [0.2, 0.25) is 0 Å². The summed E-state index contributed by atoms with van der Waals surface area (Å²) in [7, 11) is 7.32. The molecule has 32 heavy (non-hydrogen) atoms. The largest absolute Gasteiger partial charge is 0.497 e. The van der Waals surface area contributed by atoms with Gasteiger partial charge in [0.15, 0.2) is 0 Å². The molecule has 0 N–H and O–H groups in total. The van der Waals surface area contributed by atoms with Gasteiger partial charge < -0.3 is 19.3 Å². The lowest BCUT2D eigenvalue weighted by Gasteiger charge is -2.20. The second-order valence-electron chi connectivity index (χ2n) is 8.02. The monoisotopic (exact) mass is 436 g/mol. The number of hydrogen-bond donors (Lipinski definition) is 0. The Bertz CT molecular complexity index is 1130. The Kier molecular flexibility index (Phi) is 6.09. The number of likely N-dealkylation sites (N-methyl/N-ethyl adjacent to an activating group) is 1. The van der Waals surface area contributed by atoms with E-state index in [9.17, 15) is 4.79 Å². The molecule has 1 atom stereocenters. The highest BCUT2D eigenvalue weighted by molar-refractivity contribution is 5.95. The van der Waals surface area contributed by atoms with Crippen molar-refractivity contribution in [2.45, 2.75) is 19.4 Å². The molecular formula is C23H28N6O3. The van der Waals surface area contributed by atoms with E-state index in [0.29, 0.717) is 40.4 Å². The van der Waals surface area contributed by atoms with Crippen LogP contribution in [0.3, 0.4) is 0 Å². The molecular weight excluding hydrogens is 408 g/mol. The van der Waals surface area contributed by atoms with E-state index in [1.165, 1.54) is 0 Å². The number of aromatic nitrogens is 4. The van der Waals surface area contributed by atoms with E-state index in [-0.39, 0.29) is 5.91 Å². The Morgan fingerprint density at radius 3 is 2.69 bits per heavy atom. The fraction of sp³-hybridized carbons (Fsp3) is 0.391. The lowest BCUT2D eigenvalue weighted by Crippen LogP contribution is -2.34. The van der Waals surface area contributed by atoms with Gasteiger partial charge in [0, 0.05) is 30.9 Å². The molecule has 1 unspecified atom stereocenters. The Hall–Kier alpha value is -3.46. The van der Waals surface area contributed by atoms with Gasteiger partial charge in [-0.3, -0.25) is 4.79 Å². The molecule has 3 heterocycles. The molecule has 1 amide bonds. The summed E-state index contributed by atoms with van der Waals surface area (Å²) in [6, 6.07) is 7.72. The average molecular weight is 437 g/mol. The third kappa shape index (κ3) is 4.03. The highest BCUT2D eigenvalue weighted by atomic mass is 16.5. The van der Waals surface area contributed by atoms with Crippen LogP contribution in [0.25, 0.3) is 17.2 Å². The Morgan fingerprint density at radius 2 is 2.00 bits per heavy atom. The summed E-state index contributed by atoms with van der Waals surface area (Å²) in [5.41, 5.74) is 2.72. The average Bonchev–Trinajstić information content (AvgIpc) is 3.46. The Balaban J connectivity index is 1.64. The molecule has 1 aromatic carbocycles. The normalized spacial score (nSPS) is 15.9. The molecule has 0 saturated carbocycles. The van der Waals surface area contributed by atoms with Gasteiger partial charge in [-0.15, -0.1) is 0 Å². The fourth-order valence-corrected chi connectivity index (χ4v) is 3.95. The van der Waals surface area contributed by atoms with Crippen molar-refractivity contribution in [1.82, 2.24) is 29.5 Å². The number of rotatable bonds is 6. The molecule has 0 radical (unpaired) electrons. The molecule has 168 valence electrons. The minimum atomic E-state index is -0.0104. The minimum absolute atomic E-state index is 0.0104. The van der Waals surface area contributed by atoms with Crippen molar-refractivity contribution in [3.05, 3.63) is 47.9 Å². The summed E-state index contributed by atoms with van der Waals surface area (Å²) in [6.45, 7) is 3.33. The molecule has 0 bridgehead atoms. The maximum Gasteiger partial charge on any atom is 0.257 e. The highest BCUT2D eigenvalue weighted by Gasteiger charge is 2.30. The predicted molar refractivity (Wildman–Crippen MR) is 120 cm³/mol. The Morgan fingerprint density at radius 1 is 1.19 bits per heavy atom. The van der Waals surface area contributed by atoms with Crippen LogP contribution in [0.1, 0.15) is 22.5 Å². The summed E-state index contributed by atoms with van der Waals surface area (Å²) in [4.78, 5) is 26.2. The van der Waals surface area contributed by atoms with Crippen LogP contribution < -0.4 is 9.47 Å². The van der Waals surface area contributed by atoms with Crippen molar-refractivity contribution in [3.8, 4) is 28.7 Å². The third-order valence-corrected chi connectivity index (χ3v) is 5.94. The molecule has 0 aliphatic carbocycles. The van der Waals surface area contributed by atoms with Gasteiger partial charge in [0.2, 0.25) is 0 Å². The zero-order valence-electron chi connectivity index (χ0n) is 19.1. The first-order chi connectivity index (χ1) is 15.4. The van der Waals surface area contributed by atoms with Gasteiger partial charge in [0.25, 0.3) is 11.9 Å². The number of benzene rings is 1. The summed E-state index contributed by atoms with van der Waals surface area (Å²) >= 11 is 0. The summed E-state index contributed by atoms with van der Waals surface area (Å²) < 4.78 is 12.4. The molecule has 1 aliphatic heterocycles. The number of carbonyl (C=O) groups excluding carboxylic acids is 1. The first-order valence-electron chi connectivity index (χ1n) is 10.5. The molecule has 1 saturated heterocycles.